The first-order chi connectivity index (χ1) is 11.0. The lowest BCUT2D eigenvalue weighted by molar-refractivity contribution is 0.109. The first kappa shape index (κ1) is 16.2. The highest BCUT2D eigenvalue weighted by Gasteiger charge is 2.16. The number of benzene rings is 1. The molecular formula is C16H21N3O3S. The van der Waals surface area contributed by atoms with Crippen molar-refractivity contribution < 1.29 is 13.2 Å². The minimum atomic E-state index is -3.34. The Bertz CT molecular complexity index is 784. The van der Waals surface area contributed by atoms with Crippen molar-refractivity contribution in [1.29, 1.82) is 0 Å². The molecule has 1 N–H and O–H groups in total. The van der Waals surface area contributed by atoms with Gasteiger partial charge in [-0.05, 0) is 12.5 Å². The summed E-state index contributed by atoms with van der Waals surface area (Å²) in [5.74, 6) is -0.000264. The van der Waals surface area contributed by atoms with Gasteiger partial charge in [0.25, 0.3) is 0 Å². The molecule has 23 heavy (non-hydrogen) atoms. The van der Waals surface area contributed by atoms with Crippen LogP contribution < -0.4 is 4.72 Å². The van der Waals surface area contributed by atoms with Gasteiger partial charge in [-0.2, -0.15) is 5.10 Å². The highest BCUT2D eigenvalue weighted by molar-refractivity contribution is 7.88. The zero-order valence-corrected chi connectivity index (χ0v) is 14.0. The quantitative estimate of drug-likeness (QED) is 0.866. The smallest absolute Gasteiger partial charge is 0.215 e. The molecular weight excluding hydrogens is 314 g/mol. The average Bonchev–Trinajstić information content (AvgIpc) is 2.90. The fourth-order valence-corrected chi connectivity index (χ4v) is 3.91. The summed E-state index contributed by atoms with van der Waals surface area (Å²) < 4.78 is 34.2. The maximum absolute atomic E-state index is 12.2. The molecule has 7 heteroatoms. The lowest BCUT2D eigenvalue weighted by Gasteiger charge is -2.15. The van der Waals surface area contributed by atoms with E-state index in [4.69, 9.17) is 4.74 Å². The van der Waals surface area contributed by atoms with E-state index < -0.39 is 10.0 Å². The molecule has 0 saturated carbocycles. The maximum Gasteiger partial charge on any atom is 0.215 e. The number of aryl methyl sites for hydroxylation is 1. The topological polar surface area (TPSA) is 73.2 Å². The molecule has 6 nitrogen and oxygen atoms in total. The van der Waals surface area contributed by atoms with Crippen LogP contribution in [0, 0.1) is 6.92 Å². The molecule has 2 heterocycles. The van der Waals surface area contributed by atoms with E-state index in [0.717, 1.165) is 28.8 Å². The summed E-state index contributed by atoms with van der Waals surface area (Å²) in [5, 5.41) is 4.31. The van der Waals surface area contributed by atoms with Gasteiger partial charge in [0.2, 0.25) is 10.0 Å². The van der Waals surface area contributed by atoms with E-state index in [1.807, 2.05) is 35.9 Å². The summed E-state index contributed by atoms with van der Waals surface area (Å²) in [5.41, 5.74) is 4.10. The monoisotopic (exact) mass is 335 g/mol. The number of rotatable bonds is 6. The molecule has 0 atom stereocenters. The van der Waals surface area contributed by atoms with Crippen molar-refractivity contribution in [2.24, 2.45) is 0 Å². The summed E-state index contributed by atoms with van der Waals surface area (Å²) in [6, 6.07) is 7.55. The second kappa shape index (κ2) is 6.82. The molecule has 124 valence electrons. The summed E-state index contributed by atoms with van der Waals surface area (Å²) in [6.07, 6.45) is 2.63. The van der Waals surface area contributed by atoms with Crippen molar-refractivity contribution >= 4 is 10.0 Å². The van der Waals surface area contributed by atoms with Crippen molar-refractivity contribution in [3.63, 3.8) is 0 Å². The van der Waals surface area contributed by atoms with Crippen LogP contribution in [0.3, 0.4) is 0 Å². The van der Waals surface area contributed by atoms with Crippen LogP contribution in [0.5, 0.6) is 0 Å². The molecule has 1 aliphatic rings. The Morgan fingerprint density at radius 3 is 3.09 bits per heavy atom. The van der Waals surface area contributed by atoms with Gasteiger partial charge >= 0.3 is 0 Å². The number of sulfonamides is 1. The summed E-state index contributed by atoms with van der Waals surface area (Å²) in [7, 11) is -3.34. The number of nitrogens with one attached hydrogen (secondary N) is 1. The van der Waals surface area contributed by atoms with Crippen molar-refractivity contribution in [1.82, 2.24) is 14.5 Å². The first-order valence-electron chi connectivity index (χ1n) is 7.68. The molecule has 0 amide bonds. The highest BCUT2D eigenvalue weighted by Crippen LogP contribution is 2.15. The standard InChI is InChI=1S/C16H21N3O3S/c1-13-3-2-4-14(9-13)12-23(20,21)18-6-7-19-16-5-8-22-11-15(16)10-17-19/h2-4,9-10,18H,5-8,11-12H2,1H3. The molecule has 2 aromatic rings. The second-order valence-corrected chi connectivity index (χ2v) is 7.59. The van der Waals surface area contributed by atoms with Crippen LogP contribution in [0.1, 0.15) is 22.4 Å². The van der Waals surface area contributed by atoms with Gasteiger partial charge in [-0.15, -0.1) is 0 Å². The molecule has 0 bridgehead atoms. The lowest BCUT2D eigenvalue weighted by Crippen LogP contribution is -2.29. The van der Waals surface area contributed by atoms with Crippen LogP contribution >= 0.6 is 0 Å². The number of hydrogen-bond acceptors (Lipinski definition) is 4. The SMILES string of the molecule is Cc1cccc(CS(=O)(=O)NCCn2ncc3c2CCOC3)c1. The van der Waals surface area contributed by atoms with Crippen LogP contribution in [-0.2, 0) is 40.1 Å². The van der Waals surface area contributed by atoms with Crippen LogP contribution in [-0.4, -0.2) is 31.3 Å². The number of ether oxygens (including phenoxy) is 1. The Morgan fingerprint density at radius 1 is 1.39 bits per heavy atom. The Kier molecular flexibility index (Phi) is 4.79. The summed E-state index contributed by atoms with van der Waals surface area (Å²) >= 11 is 0. The van der Waals surface area contributed by atoms with Gasteiger partial charge in [0.05, 0.1) is 31.7 Å². The van der Waals surface area contributed by atoms with Gasteiger partial charge in [-0.3, -0.25) is 4.68 Å². The van der Waals surface area contributed by atoms with Gasteiger partial charge in [-0.25, -0.2) is 13.1 Å². The Labute approximate surface area is 136 Å². The van der Waals surface area contributed by atoms with E-state index in [1.54, 1.807) is 6.20 Å². The largest absolute Gasteiger partial charge is 0.376 e. The van der Waals surface area contributed by atoms with E-state index in [0.29, 0.717) is 26.3 Å². The Morgan fingerprint density at radius 2 is 2.26 bits per heavy atom. The van der Waals surface area contributed by atoms with Crippen molar-refractivity contribution in [2.45, 2.75) is 32.2 Å². The van der Waals surface area contributed by atoms with Gasteiger partial charge in [0.15, 0.2) is 0 Å². The predicted octanol–water partition coefficient (Wildman–Crippen LogP) is 1.38. The van der Waals surface area contributed by atoms with E-state index in [-0.39, 0.29) is 5.75 Å². The predicted molar refractivity (Wildman–Crippen MR) is 87.4 cm³/mol. The molecule has 0 aliphatic carbocycles. The van der Waals surface area contributed by atoms with Crippen molar-refractivity contribution in [3.8, 4) is 0 Å². The molecule has 0 spiro atoms. The molecule has 0 saturated heterocycles. The fourth-order valence-electron chi connectivity index (χ4n) is 2.78. The maximum atomic E-state index is 12.2. The van der Waals surface area contributed by atoms with E-state index in [1.165, 1.54) is 0 Å². The van der Waals surface area contributed by atoms with Gasteiger partial charge in [0.1, 0.15) is 0 Å². The molecule has 1 aliphatic heterocycles. The van der Waals surface area contributed by atoms with Crippen LogP contribution in [0.15, 0.2) is 30.5 Å². The van der Waals surface area contributed by atoms with Gasteiger partial charge in [0, 0.05) is 24.2 Å². The summed E-state index contributed by atoms with van der Waals surface area (Å²) in [4.78, 5) is 0. The highest BCUT2D eigenvalue weighted by atomic mass is 32.2. The van der Waals surface area contributed by atoms with Crippen molar-refractivity contribution in [2.75, 3.05) is 13.2 Å². The van der Waals surface area contributed by atoms with Crippen LogP contribution in [0.2, 0.25) is 0 Å². The normalized spacial score (nSPS) is 14.7. The number of hydrogen-bond donors (Lipinski definition) is 1. The third-order valence-corrected chi connectivity index (χ3v) is 5.22. The first-order valence-corrected chi connectivity index (χ1v) is 9.33. The minimum Gasteiger partial charge on any atom is -0.376 e. The number of aromatic nitrogens is 2. The van der Waals surface area contributed by atoms with Crippen LogP contribution in [0.25, 0.3) is 0 Å². The molecule has 1 aromatic carbocycles. The number of fused-ring (bicyclic) bond motifs is 1. The van der Waals surface area contributed by atoms with Gasteiger partial charge < -0.3 is 4.74 Å². The minimum absolute atomic E-state index is 0.000264. The molecule has 0 radical (unpaired) electrons. The fraction of sp³-hybridized carbons (Fsp3) is 0.438. The molecule has 3 rings (SSSR count). The summed E-state index contributed by atoms with van der Waals surface area (Å²) in [6.45, 7) is 4.10. The Balaban J connectivity index is 1.56. The molecule has 1 aromatic heterocycles. The lowest BCUT2D eigenvalue weighted by atomic mass is 10.2. The third kappa shape index (κ3) is 4.19. The van der Waals surface area contributed by atoms with E-state index >= 15 is 0 Å². The third-order valence-electron chi connectivity index (χ3n) is 3.86. The number of nitrogens with zero attached hydrogens (tertiary/aromatic N) is 2. The van der Waals surface area contributed by atoms with E-state index in [2.05, 4.69) is 9.82 Å². The molecule has 0 fully saturated rings. The van der Waals surface area contributed by atoms with E-state index in [9.17, 15) is 8.42 Å². The zero-order valence-electron chi connectivity index (χ0n) is 13.2. The Hall–Kier alpha value is -1.70. The second-order valence-electron chi connectivity index (χ2n) is 5.78. The van der Waals surface area contributed by atoms with Crippen LogP contribution in [0.4, 0.5) is 0 Å². The zero-order chi connectivity index (χ0) is 16.3. The molecule has 0 unspecified atom stereocenters. The van der Waals surface area contributed by atoms with Gasteiger partial charge in [-0.1, -0.05) is 29.8 Å². The van der Waals surface area contributed by atoms with Crippen molar-refractivity contribution in [3.05, 3.63) is 52.8 Å². The average molecular weight is 335 g/mol.